The lowest BCUT2D eigenvalue weighted by atomic mass is 10.1. The number of aliphatic hydroxyl groups excluding tert-OH is 1. The number of rotatable bonds is 49. The van der Waals surface area contributed by atoms with Crippen LogP contribution in [-0.4, -0.2) is 66.5 Å². The number of carbonyl (C=O) groups is 3. The highest BCUT2D eigenvalue weighted by Crippen LogP contribution is 2.43. The van der Waals surface area contributed by atoms with Crippen molar-refractivity contribution in [1.29, 1.82) is 0 Å². The molecule has 0 aliphatic rings. The molecule has 11 nitrogen and oxygen atoms in total. The minimum absolute atomic E-state index is 0.136. The van der Waals surface area contributed by atoms with E-state index >= 15 is 0 Å². The molecule has 0 amide bonds. The van der Waals surface area contributed by atoms with E-state index < -0.39 is 57.8 Å². The Balaban J connectivity index is 4.80. The van der Waals surface area contributed by atoms with Gasteiger partial charge in [0.25, 0.3) is 0 Å². The molecule has 0 aromatic carbocycles. The molecule has 0 aromatic rings. The quantitative estimate of drug-likeness (QED) is 0.0197. The summed E-state index contributed by atoms with van der Waals surface area (Å²) in [5.74, 6) is -1.54. The molecule has 0 aliphatic carbocycles. The van der Waals surface area contributed by atoms with E-state index in [1.807, 2.05) is 0 Å². The first kappa shape index (κ1) is 66.4. The van der Waals surface area contributed by atoms with Gasteiger partial charge in [-0.05, 0) is 116 Å². The van der Waals surface area contributed by atoms with Crippen molar-refractivity contribution in [2.45, 2.75) is 226 Å². The summed E-state index contributed by atoms with van der Waals surface area (Å²) in [6, 6.07) is 0. The monoisotopic (exact) mass is 1000 g/mol. The lowest BCUT2D eigenvalue weighted by Crippen LogP contribution is -2.30. The minimum atomic E-state index is -4.76. The Morgan fingerprint density at radius 3 is 1.16 bits per heavy atom. The second-order valence-corrected chi connectivity index (χ2v) is 19.1. The van der Waals surface area contributed by atoms with Gasteiger partial charge in [0.1, 0.15) is 12.7 Å². The van der Waals surface area contributed by atoms with Gasteiger partial charge in [0.05, 0.1) is 19.8 Å². The molecule has 70 heavy (non-hydrogen) atoms. The number of allylic oxidation sites excluding steroid dienone is 16. The number of esters is 3. The highest BCUT2D eigenvalue weighted by molar-refractivity contribution is 7.47. The summed E-state index contributed by atoms with van der Waals surface area (Å²) in [5.41, 5.74) is 0. The van der Waals surface area contributed by atoms with Crippen molar-refractivity contribution in [3.8, 4) is 0 Å². The van der Waals surface area contributed by atoms with Crippen LogP contribution in [0.1, 0.15) is 213 Å². The van der Waals surface area contributed by atoms with Crippen molar-refractivity contribution >= 4 is 25.7 Å². The lowest BCUT2D eigenvalue weighted by Gasteiger charge is -2.21. The molecule has 3 unspecified atom stereocenters. The molecule has 0 spiro atoms. The van der Waals surface area contributed by atoms with Crippen LogP contribution in [0, 0.1) is 0 Å². The molecule has 400 valence electrons. The van der Waals surface area contributed by atoms with Crippen molar-refractivity contribution < 1.29 is 52.2 Å². The fraction of sp³-hybridized carbons (Fsp3) is 0.672. The highest BCUT2D eigenvalue weighted by atomic mass is 31.2. The predicted octanol–water partition coefficient (Wildman–Crippen LogP) is 15.7. The fourth-order valence-electron chi connectivity index (χ4n) is 6.88. The third kappa shape index (κ3) is 49.4. The number of hydrogen-bond acceptors (Lipinski definition) is 10. The van der Waals surface area contributed by atoms with Crippen LogP contribution >= 0.6 is 7.82 Å². The highest BCUT2D eigenvalue weighted by Gasteiger charge is 2.28. The largest absolute Gasteiger partial charge is 0.472 e. The maximum absolute atomic E-state index is 12.9. The third-order valence-corrected chi connectivity index (χ3v) is 11.9. The Morgan fingerprint density at radius 1 is 0.414 bits per heavy atom. The molecule has 0 rings (SSSR count). The van der Waals surface area contributed by atoms with Crippen molar-refractivity contribution in [1.82, 2.24) is 0 Å². The van der Waals surface area contributed by atoms with Gasteiger partial charge in [-0.2, -0.15) is 0 Å². The Labute approximate surface area is 425 Å². The number of hydrogen-bond donors (Lipinski definition) is 2. The summed E-state index contributed by atoms with van der Waals surface area (Å²) < 4.78 is 39.4. The number of phosphoric ester groups is 1. The number of aliphatic hydroxyl groups is 1. The smallest absolute Gasteiger partial charge is 0.462 e. The standard InChI is InChI=1S/C58H97O11P/c1-4-7-10-13-16-19-22-25-27-30-33-36-39-42-45-48-57(61)68-54(50-59)52-66-70(63,64)67-53-55(51-65-56(60)47-44-41-38-35-32-29-24-21-18-15-12-9-6-3)69-58(62)49-46-43-40-37-34-31-28-26-23-20-17-14-11-8-5-2/h8-9,11-12,16-21,25-29,32,54-55,59H,4-7,10,13-15,22-24,30-31,33-53H2,1-3H3,(H,63,64)/b11-8-,12-9-,19-16-,20-17-,21-18-,27-25-,28-26-,32-29-. The van der Waals surface area contributed by atoms with Crippen molar-refractivity contribution in [2.75, 3.05) is 26.4 Å². The van der Waals surface area contributed by atoms with Gasteiger partial charge in [-0.1, -0.05) is 176 Å². The van der Waals surface area contributed by atoms with Crippen LogP contribution in [0.3, 0.4) is 0 Å². The van der Waals surface area contributed by atoms with E-state index in [1.54, 1.807) is 0 Å². The van der Waals surface area contributed by atoms with Crippen LogP contribution in [0.2, 0.25) is 0 Å². The molecular formula is C58H97O11P. The van der Waals surface area contributed by atoms with Gasteiger partial charge in [0.15, 0.2) is 6.10 Å². The first-order valence-corrected chi connectivity index (χ1v) is 28.6. The van der Waals surface area contributed by atoms with Gasteiger partial charge in [-0.3, -0.25) is 23.4 Å². The molecule has 0 saturated carbocycles. The van der Waals surface area contributed by atoms with Gasteiger partial charge >= 0.3 is 25.7 Å². The first-order chi connectivity index (χ1) is 34.2. The normalized spacial score (nSPS) is 14.2. The van der Waals surface area contributed by atoms with E-state index in [2.05, 4.69) is 118 Å². The molecule has 3 atom stereocenters. The van der Waals surface area contributed by atoms with E-state index in [1.165, 1.54) is 19.3 Å². The average Bonchev–Trinajstić information content (AvgIpc) is 3.35. The zero-order chi connectivity index (χ0) is 51.3. The first-order valence-electron chi connectivity index (χ1n) is 27.1. The summed E-state index contributed by atoms with van der Waals surface area (Å²) in [7, 11) is -4.76. The second kappa shape index (κ2) is 51.7. The molecule has 0 saturated heterocycles. The fourth-order valence-corrected chi connectivity index (χ4v) is 7.67. The topological polar surface area (TPSA) is 155 Å². The van der Waals surface area contributed by atoms with E-state index in [0.29, 0.717) is 19.3 Å². The summed E-state index contributed by atoms with van der Waals surface area (Å²) in [4.78, 5) is 48.4. The molecule has 0 aliphatic heterocycles. The van der Waals surface area contributed by atoms with E-state index in [4.69, 9.17) is 23.3 Å². The Morgan fingerprint density at radius 2 is 0.743 bits per heavy atom. The van der Waals surface area contributed by atoms with Crippen LogP contribution < -0.4 is 0 Å². The lowest BCUT2D eigenvalue weighted by molar-refractivity contribution is -0.161. The summed E-state index contributed by atoms with van der Waals surface area (Å²) >= 11 is 0. The Bertz CT molecular complexity index is 1540. The molecular weight excluding hydrogens is 904 g/mol. The van der Waals surface area contributed by atoms with E-state index in [0.717, 1.165) is 135 Å². The predicted molar refractivity (Wildman–Crippen MR) is 288 cm³/mol. The number of unbranched alkanes of at least 4 members (excludes halogenated alkanes) is 16. The van der Waals surface area contributed by atoms with E-state index in [9.17, 15) is 28.9 Å². The van der Waals surface area contributed by atoms with Crippen LogP contribution in [0.25, 0.3) is 0 Å². The van der Waals surface area contributed by atoms with Crippen molar-refractivity contribution in [3.05, 3.63) is 97.2 Å². The van der Waals surface area contributed by atoms with Gasteiger partial charge in [-0.25, -0.2) is 4.57 Å². The van der Waals surface area contributed by atoms with Crippen LogP contribution in [0.5, 0.6) is 0 Å². The molecule has 0 heterocycles. The molecule has 2 N–H and O–H groups in total. The number of ether oxygens (including phenoxy) is 3. The van der Waals surface area contributed by atoms with E-state index in [-0.39, 0.29) is 25.9 Å². The second-order valence-electron chi connectivity index (χ2n) is 17.6. The molecule has 0 bridgehead atoms. The zero-order valence-electron chi connectivity index (χ0n) is 43.9. The summed E-state index contributed by atoms with van der Waals surface area (Å²) in [5, 5.41) is 9.79. The number of phosphoric acid groups is 1. The molecule has 0 aromatic heterocycles. The number of carbonyl (C=O) groups excluding carboxylic acids is 3. The van der Waals surface area contributed by atoms with Gasteiger partial charge in [-0.15, -0.1) is 0 Å². The van der Waals surface area contributed by atoms with Crippen molar-refractivity contribution in [2.24, 2.45) is 0 Å². The molecule has 12 heteroatoms. The summed E-state index contributed by atoms with van der Waals surface area (Å²) in [6.45, 7) is 4.30. The minimum Gasteiger partial charge on any atom is -0.462 e. The SMILES string of the molecule is CC/C=C\C/C=C\C/C=C\CCCCCCCC(=O)OC(COC(=O)CCCCC/C=C\C/C=C\C/C=C\CC)COP(=O)(O)OCC(CO)OC(=O)CCCCCCC/C=C\C/C=C\CCCCC. The van der Waals surface area contributed by atoms with Crippen LogP contribution in [0.4, 0.5) is 0 Å². The molecule has 0 fully saturated rings. The van der Waals surface area contributed by atoms with Crippen molar-refractivity contribution in [3.63, 3.8) is 0 Å². The zero-order valence-corrected chi connectivity index (χ0v) is 44.8. The molecule has 0 radical (unpaired) electrons. The van der Waals surface area contributed by atoms with Gasteiger partial charge < -0.3 is 24.2 Å². The summed E-state index contributed by atoms with van der Waals surface area (Å²) in [6.07, 6.45) is 59.4. The van der Waals surface area contributed by atoms with Crippen LogP contribution in [0.15, 0.2) is 97.2 Å². The maximum Gasteiger partial charge on any atom is 0.472 e. The Hall–Kier alpha value is -3.60. The average molecular weight is 1000 g/mol. The maximum atomic E-state index is 12.9. The van der Waals surface area contributed by atoms with Gasteiger partial charge in [0, 0.05) is 19.3 Å². The third-order valence-electron chi connectivity index (χ3n) is 11.0. The van der Waals surface area contributed by atoms with Gasteiger partial charge in [0.2, 0.25) is 0 Å². The van der Waals surface area contributed by atoms with Crippen LogP contribution in [-0.2, 0) is 42.2 Å². The Kier molecular flexibility index (Phi) is 49.1.